The second-order valence-electron chi connectivity index (χ2n) is 4.31. The van der Waals surface area contributed by atoms with Crippen LogP contribution in [-0.4, -0.2) is 11.8 Å². The summed E-state index contributed by atoms with van der Waals surface area (Å²) in [7, 11) is 0. The van der Waals surface area contributed by atoms with Gasteiger partial charge in [0.2, 0.25) is 0 Å². The van der Waals surface area contributed by atoms with Crippen LogP contribution in [0.1, 0.15) is 20.7 Å². The molecule has 3 nitrogen and oxygen atoms in total. The van der Waals surface area contributed by atoms with Crippen LogP contribution in [0.3, 0.4) is 0 Å². The van der Waals surface area contributed by atoms with Crippen LogP contribution in [0.5, 0.6) is 0 Å². The molecule has 106 valence electrons. The van der Waals surface area contributed by atoms with Gasteiger partial charge in [0, 0.05) is 4.47 Å². The molecule has 0 spiro atoms. The van der Waals surface area contributed by atoms with Gasteiger partial charge in [-0.2, -0.15) is 0 Å². The summed E-state index contributed by atoms with van der Waals surface area (Å²) in [4.78, 5) is 25.8. The standard InChI is InChI=1S/C14H5Br2ClFNO2/c15-8-5-9(17)11(18)10(16)12(8)19-13(20)6-3-1-2-4-7(6)14(19)21/h1-5H. The van der Waals surface area contributed by atoms with Gasteiger partial charge in [-0.05, 0) is 50.1 Å². The Hall–Kier alpha value is -1.24. The summed E-state index contributed by atoms with van der Waals surface area (Å²) >= 11 is 12.0. The SMILES string of the molecule is O=C1c2ccccc2C(=O)N1c1c(Br)cc(Cl)c(F)c1Br. The van der Waals surface area contributed by atoms with Crippen LogP contribution in [0.25, 0.3) is 0 Å². The number of halogens is 4. The number of fused-ring (bicyclic) bond motifs is 1. The zero-order chi connectivity index (χ0) is 15.3. The van der Waals surface area contributed by atoms with Crippen molar-refractivity contribution in [1.82, 2.24) is 0 Å². The molecule has 21 heavy (non-hydrogen) atoms. The Balaban J connectivity index is 2.23. The number of benzene rings is 2. The summed E-state index contributed by atoms with van der Waals surface area (Å²) < 4.78 is 14.3. The van der Waals surface area contributed by atoms with E-state index in [2.05, 4.69) is 31.9 Å². The first-order chi connectivity index (χ1) is 9.93. The lowest BCUT2D eigenvalue weighted by Crippen LogP contribution is -2.30. The topological polar surface area (TPSA) is 37.4 Å². The second kappa shape index (κ2) is 5.19. The third kappa shape index (κ3) is 2.13. The molecule has 1 aliphatic rings. The van der Waals surface area contributed by atoms with E-state index in [1.54, 1.807) is 24.3 Å². The lowest BCUT2D eigenvalue weighted by molar-refractivity contribution is 0.0925. The quantitative estimate of drug-likeness (QED) is 0.368. The fraction of sp³-hybridized carbons (Fsp3) is 0. The minimum Gasteiger partial charge on any atom is -0.268 e. The molecule has 0 radical (unpaired) electrons. The van der Waals surface area contributed by atoms with Crippen LogP contribution in [0.4, 0.5) is 10.1 Å². The molecule has 0 saturated carbocycles. The summed E-state index contributed by atoms with van der Waals surface area (Å²) in [6.07, 6.45) is 0. The van der Waals surface area contributed by atoms with E-state index in [0.29, 0.717) is 4.47 Å². The minimum absolute atomic E-state index is 0.0450. The number of hydrogen-bond acceptors (Lipinski definition) is 2. The van der Waals surface area contributed by atoms with E-state index in [9.17, 15) is 14.0 Å². The summed E-state index contributed by atoms with van der Waals surface area (Å²) in [5.41, 5.74) is 0.677. The van der Waals surface area contributed by atoms with Crippen LogP contribution in [0.15, 0.2) is 39.3 Å². The highest BCUT2D eigenvalue weighted by Gasteiger charge is 2.39. The molecular weight excluding hydrogens is 428 g/mol. The van der Waals surface area contributed by atoms with Gasteiger partial charge in [-0.15, -0.1) is 0 Å². The van der Waals surface area contributed by atoms with Crippen LogP contribution in [0.2, 0.25) is 5.02 Å². The fourth-order valence-corrected chi connectivity index (χ4v) is 4.08. The van der Waals surface area contributed by atoms with Crippen LogP contribution < -0.4 is 4.90 Å². The molecule has 0 aliphatic carbocycles. The first-order valence-electron chi connectivity index (χ1n) is 5.74. The van der Waals surface area contributed by atoms with E-state index in [4.69, 9.17) is 11.6 Å². The molecule has 0 aromatic heterocycles. The number of imide groups is 1. The summed E-state index contributed by atoms with van der Waals surface area (Å²) in [6.45, 7) is 0. The van der Waals surface area contributed by atoms with Gasteiger partial charge in [0.1, 0.15) is 0 Å². The number of carbonyl (C=O) groups is 2. The minimum atomic E-state index is -0.730. The van der Waals surface area contributed by atoms with Crippen molar-refractivity contribution in [2.24, 2.45) is 0 Å². The fourth-order valence-electron chi connectivity index (χ4n) is 2.15. The summed E-state index contributed by atoms with van der Waals surface area (Å²) in [6, 6.07) is 7.76. The van der Waals surface area contributed by atoms with Crippen molar-refractivity contribution in [3.05, 3.63) is 61.2 Å². The summed E-state index contributed by atoms with van der Waals surface area (Å²) in [5, 5.41) is -0.117. The molecule has 0 N–H and O–H groups in total. The van der Waals surface area contributed by atoms with Gasteiger partial charge in [-0.1, -0.05) is 23.7 Å². The number of hydrogen-bond donors (Lipinski definition) is 0. The van der Waals surface area contributed by atoms with Crippen molar-refractivity contribution in [2.45, 2.75) is 0 Å². The molecule has 7 heteroatoms. The highest BCUT2D eigenvalue weighted by atomic mass is 79.9. The Morgan fingerprint density at radius 2 is 1.57 bits per heavy atom. The first-order valence-corrected chi connectivity index (χ1v) is 7.70. The number of nitrogens with zero attached hydrogens (tertiary/aromatic N) is 1. The third-order valence-corrected chi connectivity index (χ3v) is 4.71. The summed E-state index contributed by atoms with van der Waals surface area (Å²) in [5.74, 6) is -1.73. The average molecular weight is 433 g/mol. The van der Waals surface area contributed by atoms with Gasteiger partial charge in [0.05, 0.1) is 26.3 Å². The molecule has 1 aliphatic heterocycles. The van der Waals surface area contributed by atoms with Crippen molar-refractivity contribution < 1.29 is 14.0 Å². The van der Waals surface area contributed by atoms with E-state index in [1.807, 2.05) is 0 Å². The number of anilines is 1. The number of amides is 2. The van der Waals surface area contributed by atoms with Crippen molar-refractivity contribution in [2.75, 3.05) is 4.90 Å². The molecule has 0 saturated heterocycles. The van der Waals surface area contributed by atoms with Crippen molar-refractivity contribution in [1.29, 1.82) is 0 Å². The average Bonchev–Trinajstić information content (AvgIpc) is 2.71. The molecule has 0 fully saturated rings. The van der Waals surface area contributed by atoms with E-state index in [1.165, 1.54) is 6.07 Å². The van der Waals surface area contributed by atoms with Crippen LogP contribution >= 0.6 is 43.5 Å². The molecule has 3 rings (SSSR count). The van der Waals surface area contributed by atoms with E-state index < -0.39 is 17.6 Å². The van der Waals surface area contributed by atoms with E-state index in [0.717, 1.165) is 4.90 Å². The van der Waals surface area contributed by atoms with Gasteiger partial charge in [-0.3, -0.25) is 9.59 Å². The Bertz CT molecular complexity index is 775. The molecule has 2 aromatic rings. The van der Waals surface area contributed by atoms with E-state index >= 15 is 0 Å². The van der Waals surface area contributed by atoms with Gasteiger partial charge >= 0.3 is 0 Å². The zero-order valence-electron chi connectivity index (χ0n) is 10.2. The Kier molecular flexibility index (Phi) is 3.63. The maximum Gasteiger partial charge on any atom is 0.266 e. The zero-order valence-corrected chi connectivity index (χ0v) is 14.1. The smallest absolute Gasteiger partial charge is 0.266 e. The maximum absolute atomic E-state index is 14.0. The highest BCUT2D eigenvalue weighted by Crippen LogP contribution is 2.42. The van der Waals surface area contributed by atoms with Gasteiger partial charge < -0.3 is 0 Å². The number of rotatable bonds is 1. The molecular formula is C14H5Br2ClFNO2. The Labute approximate surface area is 140 Å². The second-order valence-corrected chi connectivity index (χ2v) is 6.36. The predicted octanol–water partition coefficient (Wildman–Crippen LogP) is 4.80. The molecule has 2 aromatic carbocycles. The van der Waals surface area contributed by atoms with Crippen LogP contribution in [-0.2, 0) is 0 Å². The molecule has 1 heterocycles. The van der Waals surface area contributed by atoms with Crippen LogP contribution in [0, 0.1) is 5.82 Å². The Morgan fingerprint density at radius 1 is 1.05 bits per heavy atom. The Morgan fingerprint density at radius 3 is 2.10 bits per heavy atom. The molecule has 0 atom stereocenters. The molecule has 0 unspecified atom stereocenters. The highest BCUT2D eigenvalue weighted by molar-refractivity contribution is 9.11. The largest absolute Gasteiger partial charge is 0.268 e. The van der Waals surface area contributed by atoms with E-state index in [-0.39, 0.29) is 26.3 Å². The predicted molar refractivity (Wildman–Crippen MR) is 84.4 cm³/mol. The molecule has 0 bridgehead atoms. The maximum atomic E-state index is 14.0. The van der Waals surface area contributed by atoms with Gasteiger partial charge in [-0.25, -0.2) is 9.29 Å². The monoisotopic (exact) mass is 431 g/mol. The molecule has 2 amide bonds. The third-order valence-electron chi connectivity index (χ3n) is 3.11. The van der Waals surface area contributed by atoms with Crippen molar-refractivity contribution in [3.63, 3.8) is 0 Å². The van der Waals surface area contributed by atoms with Crippen molar-refractivity contribution in [3.8, 4) is 0 Å². The lowest BCUT2D eigenvalue weighted by atomic mass is 10.1. The van der Waals surface area contributed by atoms with Gasteiger partial charge in [0.15, 0.2) is 5.82 Å². The lowest BCUT2D eigenvalue weighted by Gasteiger charge is -2.18. The normalized spacial score (nSPS) is 13.8. The van der Waals surface area contributed by atoms with Gasteiger partial charge in [0.25, 0.3) is 11.8 Å². The van der Waals surface area contributed by atoms with Crippen molar-refractivity contribution >= 4 is 61.0 Å². The first kappa shape index (κ1) is 14.7. The number of carbonyl (C=O) groups excluding carboxylic acids is 2.